The van der Waals surface area contributed by atoms with Crippen molar-refractivity contribution in [2.75, 3.05) is 37.2 Å². The second-order valence-corrected chi connectivity index (χ2v) is 5.67. The molecule has 0 aliphatic carbocycles. The number of rotatable bonds is 5. The molecule has 21 heavy (non-hydrogen) atoms. The van der Waals surface area contributed by atoms with Crippen LogP contribution < -0.4 is 16.0 Å². The number of anilines is 3. The quantitative estimate of drug-likeness (QED) is 0.885. The van der Waals surface area contributed by atoms with Crippen LogP contribution in [0, 0.1) is 0 Å². The van der Waals surface area contributed by atoms with Gasteiger partial charge in [-0.2, -0.15) is 0 Å². The first kappa shape index (κ1) is 15.3. The Morgan fingerprint density at radius 3 is 2.86 bits per heavy atom. The van der Waals surface area contributed by atoms with Gasteiger partial charge in [-0.3, -0.25) is 4.79 Å². The molecule has 1 aromatic heterocycles. The van der Waals surface area contributed by atoms with Gasteiger partial charge in [0.25, 0.3) is 5.91 Å². The first-order valence-electron chi connectivity index (χ1n) is 6.34. The van der Waals surface area contributed by atoms with Crippen molar-refractivity contribution in [2.24, 2.45) is 0 Å². The normalized spacial score (nSPS) is 10.4. The standard InChI is InChI=1S/C14H18N4O2S/c1-18(2)14-17-12(15)11(21-14)13(19)16-10-6-4-5-9(7-10)8-20-3/h4-7H,8,15H2,1-3H3,(H,16,19). The molecular formula is C14H18N4O2S. The molecule has 1 amide bonds. The van der Waals surface area contributed by atoms with E-state index in [0.717, 1.165) is 5.56 Å². The number of nitrogens with two attached hydrogens (primary N) is 1. The Hall–Kier alpha value is -2.12. The van der Waals surface area contributed by atoms with Crippen molar-refractivity contribution in [3.05, 3.63) is 34.7 Å². The number of hydrogen-bond donors (Lipinski definition) is 2. The Morgan fingerprint density at radius 1 is 1.48 bits per heavy atom. The van der Waals surface area contributed by atoms with E-state index >= 15 is 0 Å². The average molecular weight is 306 g/mol. The van der Waals surface area contributed by atoms with E-state index in [1.807, 2.05) is 43.3 Å². The van der Waals surface area contributed by atoms with Gasteiger partial charge in [0, 0.05) is 26.9 Å². The summed E-state index contributed by atoms with van der Waals surface area (Å²) in [5.74, 6) is -0.0121. The number of ether oxygens (including phenoxy) is 1. The molecule has 6 nitrogen and oxygen atoms in total. The first-order valence-corrected chi connectivity index (χ1v) is 7.15. The summed E-state index contributed by atoms with van der Waals surface area (Å²) in [5.41, 5.74) is 7.49. The summed E-state index contributed by atoms with van der Waals surface area (Å²) in [4.78, 5) is 18.7. The minimum Gasteiger partial charge on any atom is -0.382 e. The Balaban J connectivity index is 2.16. The maximum absolute atomic E-state index is 12.3. The number of nitrogen functional groups attached to an aromatic ring is 1. The van der Waals surface area contributed by atoms with Crippen LogP contribution in [0.1, 0.15) is 15.2 Å². The van der Waals surface area contributed by atoms with Gasteiger partial charge in [0.15, 0.2) is 5.13 Å². The van der Waals surface area contributed by atoms with E-state index in [9.17, 15) is 4.79 Å². The van der Waals surface area contributed by atoms with E-state index in [4.69, 9.17) is 10.5 Å². The molecule has 0 spiro atoms. The van der Waals surface area contributed by atoms with Crippen LogP contribution in [0.25, 0.3) is 0 Å². The Morgan fingerprint density at radius 2 is 2.24 bits per heavy atom. The molecule has 3 N–H and O–H groups in total. The summed E-state index contributed by atoms with van der Waals surface area (Å²) >= 11 is 1.26. The largest absolute Gasteiger partial charge is 0.382 e. The maximum atomic E-state index is 12.3. The number of hydrogen-bond acceptors (Lipinski definition) is 6. The second-order valence-electron chi connectivity index (χ2n) is 4.69. The van der Waals surface area contributed by atoms with Crippen LogP contribution in [0.3, 0.4) is 0 Å². The molecule has 0 saturated heterocycles. The van der Waals surface area contributed by atoms with Crippen molar-refractivity contribution in [1.82, 2.24) is 4.98 Å². The average Bonchev–Trinajstić information content (AvgIpc) is 2.82. The highest BCUT2D eigenvalue weighted by Gasteiger charge is 2.17. The zero-order valence-corrected chi connectivity index (χ0v) is 13.0. The van der Waals surface area contributed by atoms with Crippen LogP contribution in [-0.4, -0.2) is 32.1 Å². The zero-order valence-electron chi connectivity index (χ0n) is 12.2. The van der Waals surface area contributed by atoms with Crippen LogP contribution in [0.5, 0.6) is 0 Å². The van der Waals surface area contributed by atoms with E-state index in [1.165, 1.54) is 11.3 Å². The van der Waals surface area contributed by atoms with E-state index < -0.39 is 0 Å². The zero-order chi connectivity index (χ0) is 15.4. The van der Waals surface area contributed by atoms with E-state index in [2.05, 4.69) is 10.3 Å². The van der Waals surface area contributed by atoms with Crippen LogP contribution >= 0.6 is 11.3 Å². The number of methoxy groups -OCH3 is 1. The fraction of sp³-hybridized carbons (Fsp3) is 0.286. The lowest BCUT2D eigenvalue weighted by atomic mass is 10.2. The molecule has 1 aromatic carbocycles. The molecular weight excluding hydrogens is 288 g/mol. The van der Waals surface area contributed by atoms with Gasteiger partial charge in [0.2, 0.25) is 0 Å². The topological polar surface area (TPSA) is 80.5 Å². The van der Waals surface area contributed by atoms with Gasteiger partial charge in [-0.05, 0) is 17.7 Å². The summed E-state index contributed by atoms with van der Waals surface area (Å²) in [6.45, 7) is 0.497. The van der Waals surface area contributed by atoms with Gasteiger partial charge in [-0.1, -0.05) is 23.5 Å². The Labute approximate surface area is 127 Å². The molecule has 2 aromatic rings. The van der Waals surface area contributed by atoms with Gasteiger partial charge in [0.05, 0.1) is 6.61 Å². The predicted octanol–water partition coefficient (Wildman–Crippen LogP) is 2.19. The molecule has 0 aliphatic heterocycles. The van der Waals surface area contributed by atoms with Gasteiger partial charge in [0.1, 0.15) is 10.7 Å². The molecule has 0 unspecified atom stereocenters. The molecule has 2 rings (SSSR count). The van der Waals surface area contributed by atoms with Gasteiger partial charge in [-0.15, -0.1) is 0 Å². The number of aromatic nitrogens is 1. The van der Waals surface area contributed by atoms with Crippen molar-refractivity contribution in [3.8, 4) is 0 Å². The highest BCUT2D eigenvalue weighted by Crippen LogP contribution is 2.27. The fourth-order valence-electron chi connectivity index (χ4n) is 1.77. The Bertz CT molecular complexity index is 640. The molecule has 0 radical (unpaired) electrons. The van der Waals surface area contributed by atoms with Crippen molar-refractivity contribution in [1.29, 1.82) is 0 Å². The SMILES string of the molecule is COCc1cccc(NC(=O)c2sc(N(C)C)nc2N)c1. The summed E-state index contributed by atoms with van der Waals surface area (Å²) in [6, 6.07) is 7.49. The highest BCUT2D eigenvalue weighted by atomic mass is 32.1. The van der Waals surface area contributed by atoms with Crippen molar-refractivity contribution >= 4 is 33.9 Å². The number of carbonyl (C=O) groups excluding carboxylic acids is 1. The summed E-state index contributed by atoms with van der Waals surface area (Å²) in [6.07, 6.45) is 0. The third-order valence-electron chi connectivity index (χ3n) is 2.73. The number of thiazole rings is 1. The van der Waals surface area contributed by atoms with E-state index in [0.29, 0.717) is 22.3 Å². The van der Waals surface area contributed by atoms with Gasteiger partial charge in [-0.25, -0.2) is 4.98 Å². The third-order valence-corrected chi connectivity index (χ3v) is 3.96. The molecule has 0 fully saturated rings. The number of amides is 1. The highest BCUT2D eigenvalue weighted by molar-refractivity contribution is 7.18. The molecule has 0 atom stereocenters. The summed E-state index contributed by atoms with van der Waals surface area (Å²) in [7, 11) is 5.34. The number of nitrogens with one attached hydrogen (secondary N) is 1. The summed E-state index contributed by atoms with van der Waals surface area (Å²) in [5, 5.41) is 3.53. The van der Waals surface area contributed by atoms with Gasteiger partial charge < -0.3 is 20.7 Å². The summed E-state index contributed by atoms with van der Waals surface area (Å²) < 4.78 is 5.08. The van der Waals surface area contributed by atoms with Crippen molar-refractivity contribution in [3.63, 3.8) is 0 Å². The molecule has 0 saturated carbocycles. The Kier molecular flexibility index (Phi) is 4.77. The number of nitrogens with zero attached hydrogens (tertiary/aromatic N) is 2. The van der Waals surface area contributed by atoms with Gasteiger partial charge >= 0.3 is 0 Å². The van der Waals surface area contributed by atoms with Crippen LogP contribution in [0.15, 0.2) is 24.3 Å². The number of carbonyl (C=O) groups is 1. The first-order chi connectivity index (χ1) is 10.0. The van der Waals surface area contributed by atoms with Crippen LogP contribution in [0.4, 0.5) is 16.6 Å². The predicted molar refractivity (Wildman–Crippen MR) is 86.0 cm³/mol. The minimum absolute atomic E-state index is 0.245. The third kappa shape index (κ3) is 3.71. The van der Waals surface area contributed by atoms with E-state index in [1.54, 1.807) is 7.11 Å². The monoisotopic (exact) mass is 306 g/mol. The van der Waals surface area contributed by atoms with Crippen molar-refractivity contribution < 1.29 is 9.53 Å². The second kappa shape index (κ2) is 6.55. The smallest absolute Gasteiger partial charge is 0.269 e. The molecule has 112 valence electrons. The van der Waals surface area contributed by atoms with E-state index in [-0.39, 0.29) is 11.7 Å². The lowest BCUT2D eigenvalue weighted by molar-refractivity contribution is 0.103. The lowest BCUT2D eigenvalue weighted by Crippen LogP contribution is -2.12. The fourth-order valence-corrected chi connectivity index (χ4v) is 2.57. The van der Waals surface area contributed by atoms with Crippen LogP contribution in [0.2, 0.25) is 0 Å². The minimum atomic E-state index is -0.257. The molecule has 1 heterocycles. The van der Waals surface area contributed by atoms with Crippen molar-refractivity contribution in [2.45, 2.75) is 6.61 Å². The molecule has 7 heteroatoms. The molecule has 0 bridgehead atoms. The maximum Gasteiger partial charge on any atom is 0.269 e. The number of benzene rings is 1. The lowest BCUT2D eigenvalue weighted by Gasteiger charge is -2.06. The molecule has 0 aliphatic rings. The van der Waals surface area contributed by atoms with Crippen LogP contribution in [-0.2, 0) is 11.3 Å².